The molecule has 0 N–H and O–H groups in total. The molecule has 0 spiro atoms. The first-order valence-electron chi connectivity index (χ1n) is 3.16. The van der Waals surface area contributed by atoms with Gasteiger partial charge in [-0.25, -0.2) is 0 Å². The van der Waals surface area contributed by atoms with Gasteiger partial charge in [-0.05, 0) is 6.92 Å². The van der Waals surface area contributed by atoms with Crippen molar-refractivity contribution in [1.29, 1.82) is 0 Å². The van der Waals surface area contributed by atoms with Crippen LogP contribution >= 0.6 is 0 Å². The summed E-state index contributed by atoms with van der Waals surface area (Å²) in [6.07, 6.45) is 0.919. The second-order valence-corrected chi connectivity index (χ2v) is 2.74. The van der Waals surface area contributed by atoms with Crippen LogP contribution in [-0.2, 0) is 9.53 Å². The fourth-order valence-corrected chi connectivity index (χ4v) is 0.399. The van der Waals surface area contributed by atoms with Crippen LogP contribution < -0.4 is 0 Å². The molecule has 0 heterocycles. The van der Waals surface area contributed by atoms with Crippen LogP contribution in [0.2, 0.25) is 0 Å². The van der Waals surface area contributed by atoms with E-state index in [1.807, 2.05) is 20.8 Å². The Labute approximate surface area is 56.2 Å². The second-order valence-electron chi connectivity index (χ2n) is 2.74. The molecule has 0 aliphatic carbocycles. The van der Waals surface area contributed by atoms with E-state index in [-0.39, 0.29) is 5.41 Å². The number of rotatable bonds is 4. The predicted octanol–water partition coefficient (Wildman–Crippen LogP) is 1.25. The van der Waals surface area contributed by atoms with E-state index in [2.05, 4.69) is 0 Å². The van der Waals surface area contributed by atoms with E-state index >= 15 is 0 Å². The first kappa shape index (κ1) is 8.63. The Hall–Kier alpha value is -0.370. The van der Waals surface area contributed by atoms with E-state index < -0.39 is 0 Å². The molecule has 0 aromatic heterocycles. The Morgan fingerprint density at radius 3 is 2.44 bits per heavy atom. The van der Waals surface area contributed by atoms with Gasteiger partial charge in [0, 0.05) is 12.0 Å². The van der Waals surface area contributed by atoms with Gasteiger partial charge in [0.2, 0.25) is 0 Å². The highest BCUT2D eigenvalue weighted by Gasteiger charge is 2.15. The molecule has 0 aliphatic rings. The van der Waals surface area contributed by atoms with E-state index in [1.54, 1.807) is 0 Å². The maximum atomic E-state index is 10.3. The molecule has 0 bridgehead atoms. The van der Waals surface area contributed by atoms with Gasteiger partial charge in [-0.2, -0.15) is 0 Å². The lowest BCUT2D eigenvalue weighted by Crippen LogP contribution is -2.20. The Kier molecular flexibility index (Phi) is 3.47. The monoisotopic (exact) mass is 130 g/mol. The number of aldehydes is 1. The summed E-state index contributed by atoms with van der Waals surface area (Å²) in [7, 11) is 0. The van der Waals surface area contributed by atoms with Crippen molar-refractivity contribution in [3.63, 3.8) is 0 Å². The van der Waals surface area contributed by atoms with Gasteiger partial charge in [-0.15, -0.1) is 0 Å². The molecular weight excluding hydrogens is 116 g/mol. The summed E-state index contributed by atoms with van der Waals surface area (Å²) in [6, 6.07) is 0. The van der Waals surface area contributed by atoms with Crippen LogP contribution in [0.5, 0.6) is 0 Å². The Balaban J connectivity index is 3.45. The number of carbonyl (C=O) groups is 1. The summed E-state index contributed by atoms with van der Waals surface area (Å²) in [4.78, 5) is 10.3. The fraction of sp³-hybridized carbons (Fsp3) is 0.857. The number of hydrogen-bond acceptors (Lipinski definition) is 2. The number of hydrogen-bond donors (Lipinski definition) is 0. The largest absolute Gasteiger partial charge is 0.381 e. The topological polar surface area (TPSA) is 26.3 Å². The highest BCUT2D eigenvalue weighted by Crippen LogP contribution is 2.10. The number of carbonyl (C=O) groups excluding carboxylic acids is 1. The second kappa shape index (κ2) is 3.62. The third kappa shape index (κ3) is 4.15. The zero-order chi connectivity index (χ0) is 7.33. The van der Waals surface area contributed by atoms with Crippen LogP contribution in [0.3, 0.4) is 0 Å². The molecule has 0 unspecified atom stereocenters. The standard InChI is InChI=1S/C7H14O2/c1-4-9-6-7(2,3)5-8/h5H,4,6H2,1-3H3. The summed E-state index contributed by atoms with van der Waals surface area (Å²) < 4.78 is 5.06. The molecule has 0 radical (unpaired) electrons. The number of ether oxygens (including phenoxy) is 1. The van der Waals surface area contributed by atoms with Crippen LogP contribution in [0, 0.1) is 5.41 Å². The smallest absolute Gasteiger partial charge is 0.127 e. The zero-order valence-electron chi connectivity index (χ0n) is 6.31. The first-order chi connectivity index (χ1) is 4.12. The third-order valence-electron chi connectivity index (χ3n) is 0.997. The van der Waals surface area contributed by atoms with Crippen molar-refractivity contribution >= 4 is 6.29 Å². The van der Waals surface area contributed by atoms with Crippen molar-refractivity contribution in [2.45, 2.75) is 20.8 Å². The molecular formula is C7H14O2. The van der Waals surface area contributed by atoms with E-state index in [0.29, 0.717) is 13.2 Å². The summed E-state index contributed by atoms with van der Waals surface area (Å²) in [5.41, 5.74) is -0.310. The molecule has 54 valence electrons. The molecule has 0 atom stereocenters. The average Bonchev–Trinajstić information content (AvgIpc) is 1.84. The average molecular weight is 130 g/mol. The Morgan fingerprint density at radius 1 is 1.56 bits per heavy atom. The summed E-state index contributed by atoms with van der Waals surface area (Å²) in [5, 5.41) is 0. The normalized spacial score (nSPS) is 11.4. The van der Waals surface area contributed by atoms with Gasteiger partial charge in [0.25, 0.3) is 0 Å². The SMILES string of the molecule is CCOCC(C)(C)C=O. The van der Waals surface area contributed by atoms with Crippen LogP contribution in [-0.4, -0.2) is 19.5 Å². The Bertz CT molecular complexity index is 86.9. The molecule has 0 fully saturated rings. The van der Waals surface area contributed by atoms with Gasteiger partial charge in [-0.1, -0.05) is 13.8 Å². The van der Waals surface area contributed by atoms with Crippen molar-refractivity contribution in [3.05, 3.63) is 0 Å². The highest BCUT2D eigenvalue weighted by atomic mass is 16.5. The van der Waals surface area contributed by atoms with E-state index in [9.17, 15) is 4.79 Å². The minimum atomic E-state index is -0.310. The Morgan fingerprint density at radius 2 is 2.11 bits per heavy atom. The minimum Gasteiger partial charge on any atom is -0.381 e. The highest BCUT2D eigenvalue weighted by molar-refractivity contribution is 5.57. The first-order valence-corrected chi connectivity index (χ1v) is 3.16. The maximum Gasteiger partial charge on any atom is 0.127 e. The fourth-order valence-electron chi connectivity index (χ4n) is 0.399. The lowest BCUT2D eigenvalue weighted by atomic mass is 9.98. The van der Waals surface area contributed by atoms with Crippen LogP contribution in [0.4, 0.5) is 0 Å². The molecule has 0 rings (SSSR count). The maximum absolute atomic E-state index is 10.3. The van der Waals surface area contributed by atoms with E-state index in [1.165, 1.54) is 0 Å². The van der Waals surface area contributed by atoms with Crippen LogP contribution in [0.1, 0.15) is 20.8 Å². The summed E-state index contributed by atoms with van der Waals surface area (Å²) >= 11 is 0. The van der Waals surface area contributed by atoms with E-state index in [0.717, 1.165) is 6.29 Å². The van der Waals surface area contributed by atoms with Gasteiger partial charge < -0.3 is 9.53 Å². The summed E-state index contributed by atoms with van der Waals surface area (Å²) in [5.74, 6) is 0. The van der Waals surface area contributed by atoms with Crippen molar-refractivity contribution in [2.75, 3.05) is 13.2 Å². The quantitative estimate of drug-likeness (QED) is 0.535. The predicted molar refractivity (Wildman–Crippen MR) is 36.3 cm³/mol. The van der Waals surface area contributed by atoms with Crippen molar-refractivity contribution < 1.29 is 9.53 Å². The minimum absolute atomic E-state index is 0.310. The zero-order valence-corrected chi connectivity index (χ0v) is 6.31. The van der Waals surface area contributed by atoms with Crippen molar-refractivity contribution in [3.8, 4) is 0 Å². The van der Waals surface area contributed by atoms with E-state index in [4.69, 9.17) is 4.74 Å². The molecule has 2 heteroatoms. The van der Waals surface area contributed by atoms with Gasteiger partial charge >= 0.3 is 0 Å². The molecule has 0 amide bonds. The van der Waals surface area contributed by atoms with Crippen molar-refractivity contribution in [1.82, 2.24) is 0 Å². The molecule has 0 saturated carbocycles. The third-order valence-corrected chi connectivity index (χ3v) is 0.997. The molecule has 0 saturated heterocycles. The molecule has 0 aromatic rings. The molecule has 0 aliphatic heterocycles. The molecule has 0 aromatic carbocycles. The van der Waals surface area contributed by atoms with Gasteiger partial charge in [0.1, 0.15) is 6.29 Å². The molecule has 9 heavy (non-hydrogen) atoms. The van der Waals surface area contributed by atoms with Crippen LogP contribution in [0.15, 0.2) is 0 Å². The lowest BCUT2D eigenvalue weighted by molar-refractivity contribution is -0.117. The molecule has 2 nitrogen and oxygen atoms in total. The lowest BCUT2D eigenvalue weighted by Gasteiger charge is -2.14. The van der Waals surface area contributed by atoms with Gasteiger partial charge in [-0.3, -0.25) is 0 Å². The summed E-state index contributed by atoms with van der Waals surface area (Å²) in [6.45, 7) is 6.83. The van der Waals surface area contributed by atoms with Crippen LogP contribution in [0.25, 0.3) is 0 Å². The van der Waals surface area contributed by atoms with Crippen molar-refractivity contribution in [2.24, 2.45) is 5.41 Å². The van der Waals surface area contributed by atoms with Gasteiger partial charge in [0.15, 0.2) is 0 Å². The van der Waals surface area contributed by atoms with Gasteiger partial charge in [0.05, 0.1) is 6.61 Å².